The van der Waals surface area contributed by atoms with Crippen LogP contribution in [0.15, 0.2) is 42.5 Å². The van der Waals surface area contributed by atoms with Gasteiger partial charge in [0.15, 0.2) is 0 Å². The molecule has 0 aliphatic heterocycles. The Labute approximate surface area is 180 Å². The van der Waals surface area contributed by atoms with Gasteiger partial charge in [0.05, 0.1) is 13.5 Å². The third-order valence-corrected chi connectivity index (χ3v) is 4.98. The molecule has 0 unspecified atom stereocenters. The van der Waals surface area contributed by atoms with Gasteiger partial charge < -0.3 is 15.0 Å². The van der Waals surface area contributed by atoms with Crippen molar-refractivity contribution in [3.63, 3.8) is 0 Å². The molecule has 5 heteroatoms. The van der Waals surface area contributed by atoms with Crippen molar-refractivity contribution in [3.8, 4) is 5.75 Å². The summed E-state index contributed by atoms with van der Waals surface area (Å²) in [7, 11) is 1.62. The number of rotatable bonds is 9. The Balaban J connectivity index is 2.26. The molecule has 0 radical (unpaired) electrons. The molecule has 2 aromatic rings. The number of hydrogen-bond acceptors (Lipinski definition) is 3. The highest BCUT2D eigenvalue weighted by atomic mass is 16.5. The lowest BCUT2D eigenvalue weighted by Crippen LogP contribution is -2.48. The fourth-order valence-corrected chi connectivity index (χ4v) is 3.45. The largest absolute Gasteiger partial charge is 0.497 e. The van der Waals surface area contributed by atoms with Gasteiger partial charge in [-0.1, -0.05) is 55.3 Å². The van der Waals surface area contributed by atoms with Gasteiger partial charge in [-0.2, -0.15) is 0 Å². The highest BCUT2D eigenvalue weighted by molar-refractivity contribution is 5.88. The van der Waals surface area contributed by atoms with Crippen LogP contribution in [0.25, 0.3) is 0 Å². The molecule has 0 heterocycles. The van der Waals surface area contributed by atoms with E-state index in [2.05, 4.69) is 11.4 Å². The van der Waals surface area contributed by atoms with Gasteiger partial charge in [-0.15, -0.1) is 0 Å². The minimum absolute atomic E-state index is 0.0741. The van der Waals surface area contributed by atoms with E-state index in [9.17, 15) is 9.59 Å². The molecule has 1 N–H and O–H groups in total. The number of carbonyl (C=O) groups excluding carboxylic acids is 2. The maximum Gasteiger partial charge on any atom is 0.242 e. The maximum atomic E-state index is 13.3. The van der Waals surface area contributed by atoms with Crippen molar-refractivity contribution in [2.24, 2.45) is 5.92 Å². The normalized spacial score (nSPS) is 11.8. The van der Waals surface area contributed by atoms with Crippen LogP contribution in [0.5, 0.6) is 5.75 Å². The Morgan fingerprint density at radius 1 is 1.00 bits per heavy atom. The van der Waals surface area contributed by atoms with Crippen LogP contribution in [-0.4, -0.2) is 36.4 Å². The standard InChI is InChI=1S/C25H34N2O3/c1-17(2)15-26-25(29)20(5)27(16-21-8-7-9-23(13-21)30-6)24(28)14-22-11-18(3)10-19(4)12-22/h7-13,17,20H,14-16H2,1-6H3,(H,26,29)/t20-/m0/s1. The van der Waals surface area contributed by atoms with Crippen molar-refractivity contribution >= 4 is 11.8 Å². The lowest BCUT2D eigenvalue weighted by Gasteiger charge is -2.29. The van der Waals surface area contributed by atoms with Gasteiger partial charge in [-0.25, -0.2) is 0 Å². The topological polar surface area (TPSA) is 58.6 Å². The van der Waals surface area contributed by atoms with Crippen LogP contribution >= 0.6 is 0 Å². The third-order valence-electron chi connectivity index (χ3n) is 4.98. The molecule has 1 atom stereocenters. The van der Waals surface area contributed by atoms with Gasteiger partial charge in [0.25, 0.3) is 0 Å². The van der Waals surface area contributed by atoms with Crippen molar-refractivity contribution in [1.82, 2.24) is 10.2 Å². The molecule has 0 spiro atoms. The van der Waals surface area contributed by atoms with Gasteiger partial charge in [-0.05, 0) is 49.9 Å². The fraction of sp³-hybridized carbons (Fsp3) is 0.440. The Hall–Kier alpha value is -2.82. The van der Waals surface area contributed by atoms with E-state index in [0.29, 0.717) is 19.0 Å². The average molecular weight is 411 g/mol. The lowest BCUT2D eigenvalue weighted by atomic mass is 10.0. The zero-order valence-electron chi connectivity index (χ0n) is 19.0. The quantitative estimate of drug-likeness (QED) is 0.679. The first-order valence-corrected chi connectivity index (χ1v) is 10.5. The monoisotopic (exact) mass is 410 g/mol. The van der Waals surface area contributed by atoms with Crippen molar-refractivity contribution in [1.29, 1.82) is 0 Å². The Kier molecular flexibility index (Phi) is 8.46. The summed E-state index contributed by atoms with van der Waals surface area (Å²) < 4.78 is 5.31. The number of nitrogens with zero attached hydrogens (tertiary/aromatic N) is 1. The highest BCUT2D eigenvalue weighted by Gasteiger charge is 2.26. The number of methoxy groups -OCH3 is 1. The predicted molar refractivity (Wildman–Crippen MR) is 120 cm³/mol. The van der Waals surface area contributed by atoms with Crippen molar-refractivity contribution in [2.45, 2.75) is 53.6 Å². The summed E-state index contributed by atoms with van der Waals surface area (Å²) in [5, 5.41) is 2.95. The molecule has 0 aliphatic carbocycles. The van der Waals surface area contributed by atoms with E-state index in [1.807, 2.05) is 64.1 Å². The van der Waals surface area contributed by atoms with Gasteiger partial charge in [-0.3, -0.25) is 9.59 Å². The first kappa shape index (κ1) is 23.5. The van der Waals surface area contributed by atoms with Crippen LogP contribution in [0.2, 0.25) is 0 Å². The van der Waals surface area contributed by atoms with E-state index in [1.165, 1.54) is 0 Å². The van der Waals surface area contributed by atoms with Crippen LogP contribution in [0.3, 0.4) is 0 Å². The number of benzene rings is 2. The Bertz CT molecular complexity index is 856. The maximum absolute atomic E-state index is 13.3. The molecular formula is C25H34N2O3. The molecule has 2 rings (SSSR count). The molecule has 2 aromatic carbocycles. The van der Waals surface area contributed by atoms with Gasteiger partial charge in [0.2, 0.25) is 11.8 Å². The molecule has 162 valence electrons. The SMILES string of the molecule is COc1cccc(CN(C(=O)Cc2cc(C)cc(C)c2)[C@@H](C)C(=O)NCC(C)C)c1. The van der Waals surface area contributed by atoms with E-state index in [4.69, 9.17) is 4.74 Å². The summed E-state index contributed by atoms with van der Waals surface area (Å²) in [5.74, 6) is 0.862. The number of hydrogen-bond donors (Lipinski definition) is 1. The van der Waals surface area contributed by atoms with Gasteiger partial charge in [0, 0.05) is 13.1 Å². The number of ether oxygens (including phenoxy) is 1. The molecule has 0 saturated carbocycles. The van der Waals surface area contributed by atoms with Crippen LogP contribution in [0, 0.1) is 19.8 Å². The molecule has 0 aliphatic rings. The van der Waals surface area contributed by atoms with Crippen LogP contribution in [0.1, 0.15) is 43.0 Å². The lowest BCUT2D eigenvalue weighted by molar-refractivity contribution is -0.140. The van der Waals surface area contributed by atoms with Crippen molar-refractivity contribution in [3.05, 3.63) is 64.7 Å². The number of nitrogens with one attached hydrogen (secondary N) is 1. The van der Waals surface area contributed by atoms with Gasteiger partial charge in [0.1, 0.15) is 11.8 Å². The molecule has 0 fully saturated rings. The molecule has 2 amide bonds. The van der Waals surface area contributed by atoms with E-state index in [-0.39, 0.29) is 18.2 Å². The third kappa shape index (κ3) is 6.90. The fourth-order valence-electron chi connectivity index (χ4n) is 3.45. The summed E-state index contributed by atoms with van der Waals surface area (Å²) in [5.41, 5.74) is 4.13. The molecule has 0 aromatic heterocycles. The smallest absolute Gasteiger partial charge is 0.242 e. The van der Waals surface area contributed by atoms with Crippen LogP contribution < -0.4 is 10.1 Å². The number of aryl methyl sites for hydroxylation is 2. The van der Waals surface area contributed by atoms with Crippen LogP contribution in [0.4, 0.5) is 0 Å². The van der Waals surface area contributed by atoms with E-state index < -0.39 is 6.04 Å². The first-order valence-electron chi connectivity index (χ1n) is 10.5. The first-order chi connectivity index (χ1) is 14.2. The minimum atomic E-state index is -0.576. The van der Waals surface area contributed by atoms with Crippen LogP contribution in [-0.2, 0) is 22.6 Å². The van der Waals surface area contributed by atoms with E-state index >= 15 is 0 Å². The van der Waals surface area contributed by atoms with Crippen molar-refractivity contribution < 1.29 is 14.3 Å². The number of amides is 2. The molecule has 5 nitrogen and oxygen atoms in total. The van der Waals surface area contributed by atoms with Crippen molar-refractivity contribution in [2.75, 3.05) is 13.7 Å². The predicted octanol–water partition coefficient (Wildman–Crippen LogP) is 4.04. The zero-order chi connectivity index (χ0) is 22.3. The van der Waals surface area contributed by atoms with E-state index in [0.717, 1.165) is 28.0 Å². The Morgan fingerprint density at radius 3 is 2.27 bits per heavy atom. The summed E-state index contributed by atoms with van der Waals surface area (Å²) in [6, 6.07) is 13.2. The second-order valence-corrected chi connectivity index (χ2v) is 8.36. The second-order valence-electron chi connectivity index (χ2n) is 8.36. The van der Waals surface area contributed by atoms with Gasteiger partial charge >= 0.3 is 0 Å². The van der Waals surface area contributed by atoms with E-state index in [1.54, 1.807) is 18.9 Å². The highest BCUT2D eigenvalue weighted by Crippen LogP contribution is 2.18. The minimum Gasteiger partial charge on any atom is -0.497 e. The summed E-state index contributed by atoms with van der Waals surface area (Å²) in [6.45, 7) is 10.9. The average Bonchev–Trinajstić information content (AvgIpc) is 2.68. The molecule has 30 heavy (non-hydrogen) atoms. The summed E-state index contributed by atoms with van der Waals surface area (Å²) in [6.07, 6.45) is 0.258. The summed E-state index contributed by atoms with van der Waals surface area (Å²) >= 11 is 0. The molecule has 0 bridgehead atoms. The zero-order valence-corrected chi connectivity index (χ0v) is 19.0. The summed E-state index contributed by atoms with van der Waals surface area (Å²) in [4.78, 5) is 27.7. The molecular weight excluding hydrogens is 376 g/mol. The Morgan fingerprint density at radius 2 is 1.67 bits per heavy atom. The molecule has 0 saturated heterocycles. The number of carbonyl (C=O) groups is 2. The second kappa shape index (κ2) is 10.8.